The van der Waals surface area contributed by atoms with Crippen LogP contribution in [-0.2, 0) is 19.4 Å². The molecular weight excluding hydrogens is 541 g/mol. The average molecular weight is 559 g/mol. The number of hydrogen-bond donors (Lipinski definition) is 2. The number of alkyl halides is 3. The van der Waals surface area contributed by atoms with Crippen LogP contribution in [0.4, 0.5) is 24.0 Å². The number of nitro groups is 1. The molecule has 0 saturated heterocycles. The zero-order valence-corrected chi connectivity index (χ0v) is 20.5. The molecule has 3 rings (SSSR count). The molecule has 37 heavy (non-hydrogen) atoms. The van der Waals surface area contributed by atoms with Crippen molar-refractivity contribution >= 4 is 43.9 Å². The zero-order chi connectivity index (χ0) is 27.6. The van der Waals surface area contributed by atoms with Gasteiger partial charge < -0.3 is 15.4 Å². The first-order valence-electron chi connectivity index (χ1n) is 10.00. The number of carbonyl (C=O) groups excluding carboxylic acids is 2. The summed E-state index contributed by atoms with van der Waals surface area (Å²) in [6.45, 7) is 1.48. The van der Waals surface area contributed by atoms with Crippen LogP contribution in [0, 0.1) is 17.0 Å². The molecule has 1 heterocycles. The first-order chi connectivity index (χ1) is 17.2. The van der Waals surface area contributed by atoms with Gasteiger partial charge in [-0.3, -0.25) is 14.9 Å². The van der Waals surface area contributed by atoms with Crippen LogP contribution in [0.15, 0.2) is 63.8 Å². The Morgan fingerprint density at radius 2 is 1.73 bits per heavy atom. The highest BCUT2D eigenvalue weighted by atomic mass is 32.2. The molecule has 11 nitrogen and oxygen atoms in total. The predicted octanol–water partition coefficient (Wildman–Crippen LogP) is 3.47. The fourth-order valence-corrected chi connectivity index (χ4v) is 5.56. The van der Waals surface area contributed by atoms with Gasteiger partial charge in [0.2, 0.25) is 9.84 Å². The Balaban J connectivity index is 2.01. The second-order valence-electron chi connectivity index (χ2n) is 7.37. The summed E-state index contributed by atoms with van der Waals surface area (Å²) in [6, 6.07) is 9.50. The SMILES string of the molecule is COC(=O)[C@@](NC(=O)c1ccccc1C)(Nc1ncc(S(=O)(=O)c2ccc([N+](=O)[O-])cc2)s1)C(F)(F)F. The van der Waals surface area contributed by atoms with Crippen molar-refractivity contribution in [3.63, 3.8) is 0 Å². The summed E-state index contributed by atoms with van der Waals surface area (Å²) in [4.78, 5) is 38.5. The molecule has 0 fully saturated rings. The number of aromatic nitrogens is 1. The van der Waals surface area contributed by atoms with Gasteiger partial charge in [-0.1, -0.05) is 29.5 Å². The van der Waals surface area contributed by atoms with Crippen LogP contribution in [0.3, 0.4) is 0 Å². The molecule has 0 aliphatic carbocycles. The molecule has 0 unspecified atom stereocenters. The van der Waals surface area contributed by atoms with Gasteiger partial charge in [-0.15, -0.1) is 0 Å². The van der Waals surface area contributed by atoms with E-state index in [2.05, 4.69) is 9.72 Å². The van der Waals surface area contributed by atoms with Gasteiger partial charge in [-0.2, -0.15) is 13.2 Å². The van der Waals surface area contributed by atoms with E-state index in [1.807, 2.05) is 0 Å². The van der Waals surface area contributed by atoms with Crippen molar-refractivity contribution in [2.75, 3.05) is 12.4 Å². The number of methoxy groups -OCH3 is 1. The highest BCUT2D eigenvalue weighted by Crippen LogP contribution is 2.36. The van der Waals surface area contributed by atoms with Gasteiger partial charge in [0.05, 0.1) is 23.1 Å². The number of nitrogens with zero attached hydrogens (tertiary/aromatic N) is 2. The van der Waals surface area contributed by atoms with E-state index in [9.17, 15) is 41.3 Å². The number of amides is 1. The minimum atomic E-state index is -5.47. The van der Waals surface area contributed by atoms with Gasteiger partial charge in [0.1, 0.15) is 4.21 Å². The van der Waals surface area contributed by atoms with E-state index >= 15 is 0 Å². The van der Waals surface area contributed by atoms with Crippen LogP contribution in [0.25, 0.3) is 0 Å². The number of thiazole rings is 1. The maximum Gasteiger partial charge on any atom is 0.442 e. The lowest BCUT2D eigenvalue weighted by atomic mass is 10.1. The topological polar surface area (TPSA) is 158 Å². The smallest absolute Gasteiger partial charge is 0.442 e. The quantitative estimate of drug-likeness (QED) is 0.183. The monoisotopic (exact) mass is 558 g/mol. The van der Waals surface area contributed by atoms with Crippen molar-refractivity contribution in [1.29, 1.82) is 0 Å². The number of esters is 1. The van der Waals surface area contributed by atoms with Crippen LogP contribution in [0.2, 0.25) is 0 Å². The third kappa shape index (κ3) is 5.39. The number of hydrogen-bond acceptors (Lipinski definition) is 10. The molecule has 1 aromatic heterocycles. The van der Waals surface area contributed by atoms with E-state index in [1.165, 1.54) is 25.1 Å². The summed E-state index contributed by atoms with van der Waals surface area (Å²) in [6.07, 6.45) is -4.73. The number of ether oxygens (including phenoxy) is 1. The maximum atomic E-state index is 14.3. The van der Waals surface area contributed by atoms with Gasteiger partial charge in [-0.05, 0) is 30.7 Å². The predicted molar refractivity (Wildman–Crippen MR) is 124 cm³/mol. The van der Waals surface area contributed by atoms with Crippen molar-refractivity contribution in [3.05, 3.63) is 76.0 Å². The number of carbonyl (C=O) groups is 2. The zero-order valence-electron chi connectivity index (χ0n) is 18.9. The summed E-state index contributed by atoms with van der Waals surface area (Å²) in [5, 5.41) is 13.5. The summed E-state index contributed by atoms with van der Waals surface area (Å²) in [7, 11) is -3.66. The fraction of sp³-hybridized carbons (Fsp3) is 0.190. The molecule has 0 radical (unpaired) electrons. The molecule has 1 amide bonds. The lowest BCUT2D eigenvalue weighted by Crippen LogP contribution is -2.69. The average Bonchev–Trinajstić information content (AvgIpc) is 3.32. The first-order valence-corrected chi connectivity index (χ1v) is 12.3. The maximum absolute atomic E-state index is 14.3. The molecule has 2 N–H and O–H groups in total. The summed E-state index contributed by atoms with van der Waals surface area (Å²) in [5.41, 5.74) is -4.02. The van der Waals surface area contributed by atoms with Gasteiger partial charge in [0, 0.05) is 17.7 Å². The number of sulfone groups is 1. The van der Waals surface area contributed by atoms with E-state index < -0.39 is 47.8 Å². The van der Waals surface area contributed by atoms with Gasteiger partial charge in [-0.25, -0.2) is 18.2 Å². The molecule has 0 spiro atoms. The lowest BCUT2D eigenvalue weighted by Gasteiger charge is -2.34. The van der Waals surface area contributed by atoms with Crippen molar-refractivity contribution < 1.29 is 40.8 Å². The van der Waals surface area contributed by atoms with Crippen molar-refractivity contribution in [1.82, 2.24) is 10.3 Å². The standard InChI is InChI=1S/C21H17F3N4O7S2/c1-12-5-3-4-6-15(12)17(29)26-20(18(30)35-2,21(22,23)24)27-19-25-11-16(36-19)37(33,34)14-9-7-13(8-10-14)28(31)32/h3-11H,1-2H3,(H,25,27)(H,26,29)/t20-/m1/s1. The third-order valence-electron chi connectivity index (χ3n) is 5.01. The number of non-ortho nitro benzene ring substituents is 1. The normalized spacial score (nSPS) is 13.3. The molecule has 0 aliphatic heterocycles. The van der Waals surface area contributed by atoms with E-state index in [4.69, 9.17) is 0 Å². The molecule has 16 heteroatoms. The van der Waals surface area contributed by atoms with Crippen LogP contribution in [0.1, 0.15) is 15.9 Å². The number of benzene rings is 2. The number of aryl methyl sites for hydroxylation is 1. The highest BCUT2D eigenvalue weighted by Gasteiger charge is 2.64. The van der Waals surface area contributed by atoms with Gasteiger partial charge in [0.25, 0.3) is 11.6 Å². The van der Waals surface area contributed by atoms with E-state index in [0.29, 0.717) is 12.7 Å². The lowest BCUT2D eigenvalue weighted by molar-refractivity contribution is -0.384. The molecule has 2 aromatic carbocycles. The second-order valence-corrected chi connectivity index (χ2v) is 10.6. The number of nitrogens with one attached hydrogen (secondary N) is 2. The molecule has 0 saturated carbocycles. The van der Waals surface area contributed by atoms with Crippen LogP contribution >= 0.6 is 11.3 Å². The minimum absolute atomic E-state index is 0.151. The minimum Gasteiger partial charge on any atom is -0.466 e. The number of anilines is 1. The molecule has 1 atom stereocenters. The van der Waals surface area contributed by atoms with E-state index in [1.54, 1.807) is 16.7 Å². The molecule has 0 aliphatic rings. The molecular formula is C21H17F3N4O7S2. The summed E-state index contributed by atoms with van der Waals surface area (Å²) < 4.78 is 72.5. The molecule has 196 valence electrons. The molecule has 0 bridgehead atoms. The van der Waals surface area contributed by atoms with Crippen LogP contribution in [-0.4, -0.2) is 49.2 Å². The first kappa shape index (κ1) is 27.5. The Hall–Kier alpha value is -4.05. The Bertz CT molecular complexity index is 1460. The Labute approximate surface area is 211 Å². The highest BCUT2D eigenvalue weighted by molar-refractivity contribution is 7.93. The molecule has 3 aromatic rings. The Morgan fingerprint density at radius 1 is 1.11 bits per heavy atom. The van der Waals surface area contributed by atoms with Crippen LogP contribution < -0.4 is 10.6 Å². The summed E-state index contributed by atoms with van der Waals surface area (Å²) >= 11 is 0.239. The number of nitro benzene ring substituents is 1. The fourth-order valence-electron chi connectivity index (χ4n) is 3.07. The van der Waals surface area contributed by atoms with E-state index in [-0.39, 0.29) is 27.5 Å². The third-order valence-corrected chi connectivity index (χ3v) is 8.15. The number of halogens is 3. The Kier molecular flexibility index (Phi) is 7.54. The van der Waals surface area contributed by atoms with Crippen LogP contribution in [0.5, 0.6) is 0 Å². The van der Waals surface area contributed by atoms with E-state index in [0.717, 1.165) is 30.5 Å². The van der Waals surface area contributed by atoms with Crippen molar-refractivity contribution in [2.45, 2.75) is 27.9 Å². The summed E-state index contributed by atoms with van der Waals surface area (Å²) in [5.74, 6) is -3.19. The van der Waals surface area contributed by atoms with Gasteiger partial charge >= 0.3 is 17.8 Å². The number of rotatable bonds is 8. The van der Waals surface area contributed by atoms with Crippen molar-refractivity contribution in [3.8, 4) is 0 Å². The largest absolute Gasteiger partial charge is 0.466 e. The van der Waals surface area contributed by atoms with Crippen molar-refractivity contribution in [2.24, 2.45) is 0 Å². The van der Waals surface area contributed by atoms with Gasteiger partial charge in [0.15, 0.2) is 5.13 Å². The second kappa shape index (κ2) is 10.1. The Morgan fingerprint density at radius 3 is 2.27 bits per heavy atom.